The summed E-state index contributed by atoms with van der Waals surface area (Å²) in [7, 11) is 0. The van der Waals surface area contributed by atoms with Gasteiger partial charge in [-0.05, 0) is 42.2 Å². The quantitative estimate of drug-likeness (QED) is 0.267. The van der Waals surface area contributed by atoms with Gasteiger partial charge in [0, 0.05) is 17.0 Å². The molecule has 1 aromatic carbocycles. The molecule has 35 heavy (non-hydrogen) atoms. The van der Waals surface area contributed by atoms with Gasteiger partial charge in [-0.15, -0.1) is 28.1 Å². The normalized spacial score (nSPS) is 15.0. The molecular weight excluding hydrogens is 474 g/mol. The molecule has 182 valence electrons. The van der Waals surface area contributed by atoms with Crippen LogP contribution >= 0.6 is 23.1 Å². The highest BCUT2D eigenvalue weighted by Crippen LogP contribution is 2.40. The molecule has 2 aromatic heterocycles. The fourth-order valence-corrected chi connectivity index (χ4v) is 6.50. The molecule has 1 unspecified atom stereocenters. The monoisotopic (exact) mass is 505 g/mol. The van der Waals surface area contributed by atoms with Gasteiger partial charge >= 0.3 is 0 Å². The topological polar surface area (TPSA) is 83.6 Å². The van der Waals surface area contributed by atoms with Crippen LogP contribution in [0.4, 0.5) is 5.00 Å². The summed E-state index contributed by atoms with van der Waals surface area (Å²) in [5, 5.41) is 22.8. The lowest BCUT2D eigenvalue weighted by molar-refractivity contribution is -0.113. The molecule has 1 amide bonds. The number of aromatic nitrogens is 3. The Morgan fingerprint density at radius 2 is 2.14 bits per heavy atom. The number of carbonyl (C=O) groups excluding carboxylic acids is 1. The summed E-state index contributed by atoms with van der Waals surface area (Å²) in [6, 6.07) is 10.7. The number of carbonyl (C=O) groups is 1. The fraction of sp³-hybridized carbons (Fsp3) is 0.407. The number of hydrogen-bond acceptors (Lipinski definition) is 6. The molecule has 6 nitrogen and oxygen atoms in total. The van der Waals surface area contributed by atoms with Gasteiger partial charge in [-0.2, -0.15) is 5.26 Å². The van der Waals surface area contributed by atoms with E-state index in [0.717, 1.165) is 42.6 Å². The molecule has 0 bridgehead atoms. The molecule has 1 aliphatic rings. The van der Waals surface area contributed by atoms with E-state index in [4.69, 9.17) is 0 Å². The standard InChI is InChI=1S/C27H31N5OS2/c1-5-13-32-25(20-10-8-19(9-11-20)17(3)4)30-31-27(32)34-16-24(33)29-26-22(15-28)21-12-7-18(6-2)14-23(21)35-26/h5,8-11,17-18H,1,6-7,12-14,16H2,2-4H3,(H,29,33). The summed E-state index contributed by atoms with van der Waals surface area (Å²) >= 11 is 2.90. The first-order valence-corrected chi connectivity index (χ1v) is 13.9. The Balaban J connectivity index is 1.46. The highest BCUT2D eigenvalue weighted by molar-refractivity contribution is 7.99. The zero-order valence-corrected chi connectivity index (χ0v) is 22.1. The van der Waals surface area contributed by atoms with Crippen molar-refractivity contribution in [3.8, 4) is 17.5 Å². The number of hydrogen-bond donors (Lipinski definition) is 1. The number of anilines is 1. The lowest BCUT2D eigenvalue weighted by atomic mass is 9.86. The van der Waals surface area contributed by atoms with E-state index in [0.29, 0.717) is 34.1 Å². The highest BCUT2D eigenvalue weighted by Gasteiger charge is 2.26. The highest BCUT2D eigenvalue weighted by atomic mass is 32.2. The van der Waals surface area contributed by atoms with Crippen molar-refractivity contribution in [2.75, 3.05) is 11.1 Å². The van der Waals surface area contributed by atoms with Gasteiger partial charge in [0.1, 0.15) is 11.1 Å². The van der Waals surface area contributed by atoms with E-state index < -0.39 is 0 Å². The first kappa shape index (κ1) is 25.2. The van der Waals surface area contributed by atoms with Gasteiger partial charge in [0.05, 0.1) is 11.3 Å². The van der Waals surface area contributed by atoms with Gasteiger partial charge in [0.25, 0.3) is 0 Å². The second-order valence-corrected chi connectivity index (χ2v) is 11.2. The van der Waals surface area contributed by atoms with Crippen molar-refractivity contribution in [3.63, 3.8) is 0 Å². The Morgan fingerprint density at radius 1 is 1.37 bits per heavy atom. The van der Waals surface area contributed by atoms with E-state index in [1.165, 1.54) is 22.2 Å². The van der Waals surface area contributed by atoms with Crippen LogP contribution in [-0.4, -0.2) is 26.4 Å². The molecule has 0 saturated heterocycles. The van der Waals surface area contributed by atoms with Gasteiger partial charge in [-0.3, -0.25) is 9.36 Å². The number of thioether (sulfide) groups is 1. The summed E-state index contributed by atoms with van der Waals surface area (Å²) in [4.78, 5) is 14.1. The number of benzene rings is 1. The Labute approximate surface area is 215 Å². The van der Waals surface area contributed by atoms with Crippen LogP contribution < -0.4 is 5.32 Å². The van der Waals surface area contributed by atoms with Crippen molar-refractivity contribution < 1.29 is 4.79 Å². The lowest BCUT2D eigenvalue weighted by Crippen LogP contribution is -2.15. The molecule has 8 heteroatoms. The summed E-state index contributed by atoms with van der Waals surface area (Å²) in [6.07, 6.45) is 5.98. The van der Waals surface area contributed by atoms with Crippen LogP contribution in [-0.2, 0) is 24.2 Å². The van der Waals surface area contributed by atoms with Gasteiger partial charge in [-0.1, -0.05) is 69.3 Å². The number of nitrogens with zero attached hydrogens (tertiary/aromatic N) is 4. The summed E-state index contributed by atoms with van der Waals surface area (Å²) in [5.74, 6) is 1.92. The first-order chi connectivity index (χ1) is 16.9. The van der Waals surface area contributed by atoms with E-state index in [1.54, 1.807) is 17.4 Å². The average Bonchev–Trinajstić information content (AvgIpc) is 3.42. The van der Waals surface area contributed by atoms with Gasteiger partial charge in [0.2, 0.25) is 5.91 Å². The van der Waals surface area contributed by atoms with E-state index in [2.05, 4.69) is 73.2 Å². The molecule has 4 rings (SSSR count). The molecular formula is C27H31N5OS2. The van der Waals surface area contributed by atoms with Crippen molar-refractivity contribution in [2.24, 2.45) is 5.92 Å². The van der Waals surface area contributed by atoms with Crippen LogP contribution in [0.2, 0.25) is 0 Å². The van der Waals surface area contributed by atoms with E-state index in [9.17, 15) is 10.1 Å². The predicted molar refractivity (Wildman–Crippen MR) is 144 cm³/mol. The predicted octanol–water partition coefficient (Wildman–Crippen LogP) is 6.43. The molecule has 3 aromatic rings. The second kappa shape index (κ2) is 11.2. The summed E-state index contributed by atoms with van der Waals surface area (Å²) in [5.41, 5.74) is 4.02. The number of nitrogens with one attached hydrogen (secondary N) is 1. The Kier molecular flexibility index (Phi) is 8.09. The maximum atomic E-state index is 12.8. The molecule has 1 atom stereocenters. The molecule has 0 aliphatic heterocycles. The molecule has 1 aliphatic carbocycles. The van der Waals surface area contributed by atoms with Crippen molar-refractivity contribution in [1.82, 2.24) is 14.8 Å². The maximum Gasteiger partial charge on any atom is 0.235 e. The molecule has 0 spiro atoms. The van der Waals surface area contributed by atoms with Crippen molar-refractivity contribution in [1.29, 1.82) is 5.26 Å². The molecule has 2 heterocycles. The lowest BCUT2D eigenvalue weighted by Gasteiger charge is -2.20. The van der Waals surface area contributed by atoms with Crippen LogP contribution in [0.25, 0.3) is 11.4 Å². The van der Waals surface area contributed by atoms with Gasteiger partial charge in [0.15, 0.2) is 11.0 Å². The Morgan fingerprint density at radius 3 is 2.80 bits per heavy atom. The minimum Gasteiger partial charge on any atom is -0.316 e. The third-order valence-electron chi connectivity index (χ3n) is 6.51. The number of fused-ring (bicyclic) bond motifs is 1. The molecule has 0 radical (unpaired) electrons. The zero-order valence-electron chi connectivity index (χ0n) is 20.5. The Hall–Kier alpha value is -2.89. The first-order valence-electron chi connectivity index (χ1n) is 12.1. The van der Waals surface area contributed by atoms with Crippen LogP contribution in [0, 0.1) is 17.2 Å². The third kappa shape index (κ3) is 5.52. The SMILES string of the molecule is C=CCn1c(SCC(=O)Nc2sc3c(c2C#N)CCC(CC)C3)nnc1-c1ccc(C(C)C)cc1. The van der Waals surface area contributed by atoms with Crippen LogP contribution in [0.3, 0.4) is 0 Å². The Bertz CT molecular complexity index is 1250. The second-order valence-electron chi connectivity index (χ2n) is 9.16. The number of thiophene rings is 1. The average molecular weight is 506 g/mol. The molecule has 0 fully saturated rings. The third-order valence-corrected chi connectivity index (χ3v) is 8.64. The number of amides is 1. The van der Waals surface area contributed by atoms with Crippen LogP contribution in [0.5, 0.6) is 0 Å². The fourth-order valence-electron chi connectivity index (χ4n) is 4.42. The largest absolute Gasteiger partial charge is 0.316 e. The van der Waals surface area contributed by atoms with Gasteiger partial charge < -0.3 is 5.32 Å². The van der Waals surface area contributed by atoms with Gasteiger partial charge in [-0.25, -0.2) is 0 Å². The molecule has 1 N–H and O–H groups in total. The van der Waals surface area contributed by atoms with Crippen molar-refractivity contribution in [3.05, 3.63) is 58.5 Å². The van der Waals surface area contributed by atoms with E-state index in [1.807, 2.05) is 4.57 Å². The summed E-state index contributed by atoms with van der Waals surface area (Å²) < 4.78 is 1.98. The molecule has 0 saturated carbocycles. The van der Waals surface area contributed by atoms with Crippen LogP contribution in [0.15, 0.2) is 42.1 Å². The number of rotatable bonds is 9. The van der Waals surface area contributed by atoms with Crippen molar-refractivity contribution in [2.45, 2.75) is 64.1 Å². The zero-order chi connectivity index (χ0) is 24.9. The van der Waals surface area contributed by atoms with Crippen LogP contribution in [0.1, 0.15) is 61.1 Å². The minimum atomic E-state index is -0.145. The van der Waals surface area contributed by atoms with Crippen molar-refractivity contribution >= 4 is 34.0 Å². The maximum absolute atomic E-state index is 12.8. The van der Waals surface area contributed by atoms with E-state index in [-0.39, 0.29) is 11.7 Å². The van der Waals surface area contributed by atoms with E-state index >= 15 is 0 Å². The minimum absolute atomic E-state index is 0.145. The number of allylic oxidation sites excluding steroid dienone is 1. The summed E-state index contributed by atoms with van der Waals surface area (Å²) in [6.45, 7) is 11.0. The smallest absolute Gasteiger partial charge is 0.235 e. The number of nitriles is 1.